The molecule has 6 heteroatoms. The summed E-state index contributed by atoms with van der Waals surface area (Å²) in [7, 11) is 1.46. The first-order valence-corrected chi connectivity index (χ1v) is 7.28. The number of carbonyl (C=O) groups excluding carboxylic acids is 1. The number of aliphatic carboxylic acids is 1. The second kappa shape index (κ2) is 8.01. The molecular formula is C18H18O6. The number of carboxylic acid groups (broad SMARTS) is 1. The van der Waals surface area contributed by atoms with Crippen LogP contribution in [-0.2, 0) is 11.4 Å². The molecule has 6 nitrogen and oxygen atoms in total. The molecule has 0 aliphatic carbocycles. The molecule has 0 aliphatic rings. The lowest BCUT2D eigenvalue weighted by atomic mass is 10.1. The summed E-state index contributed by atoms with van der Waals surface area (Å²) in [6.07, 6.45) is -0.540. The van der Waals surface area contributed by atoms with Crippen molar-refractivity contribution in [2.45, 2.75) is 19.6 Å². The molecule has 0 saturated heterocycles. The van der Waals surface area contributed by atoms with Gasteiger partial charge in [-0.2, -0.15) is 0 Å². The Morgan fingerprint density at radius 1 is 1.21 bits per heavy atom. The van der Waals surface area contributed by atoms with Crippen LogP contribution >= 0.6 is 0 Å². The van der Waals surface area contributed by atoms with E-state index in [2.05, 4.69) is 0 Å². The molecule has 0 fully saturated rings. The molecule has 0 unspecified atom stereocenters. The average Bonchev–Trinajstić information content (AvgIpc) is 2.60. The van der Waals surface area contributed by atoms with Gasteiger partial charge in [0.1, 0.15) is 23.9 Å². The maximum atomic E-state index is 11.5. The third-order valence-corrected chi connectivity index (χ3v) is 3.32. The quantitative estimate of drug-likeness (QED) is 0.749. The maximum absolute atomic E-state index is 11.5. The Balaban J connectivity index is 2.31. The van der Waals surface area contributed by atoms with Gasteiger partial charge in [0.05, 0.1) is 12.7 Å². The molecule has 0 radical (unpaired) electrons. The first-order chi connectivity index (χ1) is 11.5. The van der Waals surface area contributed by atoms with Gasteiger partial charge in [0, 0.05) is 12.1 Å². The average molecular weight is 330 g/mol. The summed E-state index contributed by atoms with van der Waals surface area (Å²) in [5.74, 6) is -0.374. The molecule has 0 spiro atoms. The van der Waals surface area contributed by atoms with Crippen molar-refractivity contribution in [3.05, 3.63) is 53.6 Å². The molecule has 2 aromatic carbocycles. The number of rotatable bonds is 8. The minimum absolute atomic E-state index is 0.0994. The molecule has 0 bridgehead atoms. The Kier molecular flexibility index (Phi) is 5.78. The van der Waals surface area contributed by atoms with E-state index in [-0.39, 0.29) is 23.7 Å². The van der Waals surface area contributed by atoms with Gasteiger partial charge < -0.3 is 19.3 Å². The lowest BCUT2D eigenvalue weighted by Gasteiger charge is -2.17. The van der Waals surface area contributed by atoms with E-state index in [1.54, 1.807) is 6.07 Å². The van der Waals surface area contributed by atoms with Crippen LogP contribution in [0.2, 0.25) is 0 Å². The van der Waals surface area contributed by atoms with Gasteiger partial charge in [-0.3, -0.25) is 4.79 Å². The third-order valence-electron chi connectivity index (χ3n) is 3.32. The minimum atomic E-state index is -1.14. The van der Waals surface area contributed by atoms with Crippen molar-refractivity contribution in [3.63, 3.8) is 0 Å². The van der Waals surface area contributed by atoms with Crippen LogP contribution in [0.3, 0.4) is 0 Å². The molecule has 2 aromatic rings. The number of ether oxygens (including phenoxy) is 3. The van der Waals surface area contributed by atoms with Gasteiger partial charge in [0.15, 0.2) is 12.4 Å². The van der Waals surface area contributed by atoms with Gasteiger partial charge >= 0.3 is 5.97 Å². The van der Waals surface area contributed by atoms with Gasteiger partial charge in [-0.15, -0.1) is 0 Å². The number of carboxylic acids is 1. The minimum Gasteiger partial charge on any atom is -0.496 e. The fraction of sp³-hybridized carbons (Fsp3) is 0.222. The van der Waals surface area contributed by atoms with Gasteiger partial charge in [-0.25, -0.2) is 4.79 Å². The normalized spacial score (nSPS) is 11.4. The maximum Gasteiger partial charge on any atom is 0.344 e. The molecule has 24 heavy (non-hydrogen) atoms. The van der Waals surface area contributed by atoms with Crippen LogP contribution in [0.5, 0.6) is 17.2 Å². The summed E-state index contributed by atoms with van der Waals surface area (Å²) >= 11 is 0. The van der Waals surface area contributed by atoms with E-state index in [1.165, 1.54) is 20.1 Å². The Hall–Kier alpha value is -3.02. The van der Waals surface area contributed by atoms with Crippen LogP contribution in [0, 0.1) is 0 Å². The van der Waals surface area contributed by atoms with Crippen LogP contribution < -0.4 is 14.2 Å². The first kappa shape index (κ1) is 17.3. The number of benzene rings is 2. The summed E-state index contributed by atoms with van der Waals surface area (Å²) in [5, 5.41) is 8.98. The molecule has 0 saturated carbocycles. The van der Waals surface area contributed by atoms with Crippen molar-refractivity contribution in [2.24, 2.45) is 0 Å². The monoisotopic (exact) mass is 330 g/mol. The summed E-state index contributed by atoms with van der Waals surface area (Å²) in [6.45, 7) is 1.63. The smallest absolute Gasteiger partial charge is 0.344 e. The topological polar surface area (TPSA) is 82.1 Å². The number of aldehydes is 1. The molecule has 0 amide bonds. The second-order valence-electron chi connectivity index (χ2n) is 5.03. The molecule has 0 aliphatic heterocycles. The van der Waals surface area contributed by atoms with Crippen molar-refractivity contribution in [2.75, 3.05) is 7.11 Å². The summed E-state index contributed by atoms with van der Waals surface area (Å²) < 4.78 is 16.2. The Morgan fingerprint density at radius 2 is 1.88 bits per heavy atom. The highest BCUT2D eigenvalue weighted by Crippen LogP contribution is 2.34. The predicted molar refractivity (Wildman–Crippen MR) is 86.9 cm³/mol. The van der Waals surface area contributed by atoms with E-state index < -0.39 is 12.1 Å². The Morgan fingerprint density at radius 3 is 2.46 bits per heavy atom. The molecule has 1 atom stereocenters. The van der Waals surface area contributed by atoms with Crippen LogP contribution in [0.4, 0.5) is 0 Å². The molecule has 1 N–H and O–H groups in total. The van der Waals surface area contributed by atoms with Crippen LogP contribution in [0.25, 0.3) is 0 Å². The predicted octanol–water partition coefficient (Wildman–Crippen LogP) is 2.94. The third kappa shape index (κ3) is 4.25. The summed E-state index contributed by atoms with van der Waals surface area (Å²) in [5.41, 5.74) is 1.07. The van der Waals surface area contributed by atoms with Gasteiger partial charge in [-0.1, -0.05) is 30.3 Å². The van der Waals surface area contributed by atoms with Crippen LogP contribution in [0.15, 0.2) is 42.5 Å². The van der Waals surface area contributed by atoms with Crippen molar-refractivity contribution >= 4 is 12.3 Å². The largest absolute Gasteiger partial charge is 0.496 e. The van der Waals surface area contributed by atoms with Gasteiger partial charge in [0.2, 0.25) is 0 Å². The fourth-order valence-electron chi connectivity index (χ4n) is 2.00. The number of carbonyl (C=O) groups is 2. The van der Waals surface area contributed by atoms with Crippen molar-refractivity contribution < 1.29 is 28.9 Å². The lowest BCUT2D eigenvalue weighted by Crippen LogP contribution is -2.23. The van der Waals surface area contributed by atoms with Gasteiger partial charge in [-0.05, 0) is 12.5 Å². The summed E-state index contributed by atoms with van der Waals surface area (Å²) in [4.78, 5) is 22.4. The van der Waals surface area contributed by atoms with E-state index in [9.17, 15) is 9.59 Å². The van der Waals surface area contributed by atoms with Crippen LogP contribution in [-0.4, -0.2) is 30.6 Å². The molecular weight excluding hydrogens is 312 g/mol. The van der Waals surface area contributed by atoms with Crippen molar-refractivity contribution in [1.29, 1.82) is 0 Å². The van der Waals surface area contributed by atoms with E-state index >= 15 is 0 Å². The highest BCUT2D eigenvalue weighted by Gasteiger charge is 2.19. The number of hydrogen-bond acceptors (Lipinski definition) is 5. The fourth-order valence-corrected chi connectivity index (χ4v) is 2.00. The van der Waals surface area contributed by atoms with E-state index in [4.69, 9.17) is 19.3 Å². The van der Waals surface area contributed by atoms with E-state index in [0.29, 0.717) is 12.0 Å². The second-order valence-corrected chi connectivity index (χ2v) is 5.03. The van der Waals surface area contributed by atoms with Crippen molar-refractivity contribution in [3.8, 4) is 17.2 Å². The highest BCUT2D eigenvalue weighted by molar-refractivity contribution is 5.85. The first-order valence-electron chi connectivity index (χ1n) is 7.28. The van der Waals surface area contributed by atoms with E-state index in [0.717, 1.165) is 5.56 Å². The SMILES string of the molecule is COc1cc(OCc2ccccc2)c(C=O)c(O[C@H](C)C(=O)O)c1. The standard InChI is InChI=1S/C18H18O6/c1-12(18(20)21)24-17-9-14(22-2)8-16(15(17)10-19)23-11-13-6-4-3-5-7-13/h3-10,12H,11H2,1-2H3,(H,20,21)/t12-/m1/s1. The molecule has 126 valence electrons. The summed E-state index contributed by atoms with van der Waals surface area (Å²) in [6, 6.07) is 12.5. The number of methoxy groups -OCH3 is 1. The molecule has 0 heterocycles. The van der Waals surface area contributed by atoms with E-state index in [1.807, 2.05) is 30.3 Å². The molecule has 2 rings (SSSR count). The van der Waals surface area contributed by atoms with Crippen molar-refractivity contribution in [1.82, 2.24) is 0 Å². The highest BCUT2D eigenvalue weighted by atomic mass is 16.5. The number of hydrogen-bond donors (Lipinski definition) is 1. The zero-order chi connectivity index (χ0) is 17.5. The molecule has 0 aromatic heterocycles. The van der Waals surface area contributed by atoms with Gasteiger partial charge in [0.25, 0.3) is 0 Å². The zero-order valence-electron chi connectivity index (χ0n) is 13.4. The zero-order valence-corrected chi connectivity index (χ0v) is 13.4. The Labute approximate surface area is 139 Å². The Bertz CT molecular complexity index is 711. The van der Waals surface area contributed by atoms with Crippen LogP contribution in [0.1, 0.15) is 22.8 Å². The lowest BCUT2D eigenvalue weighted by molar-refractivity contribution is -0.144.